The van der Waals surface area contributed by atoms with Crippen LogP contribution in [0.25, 0.3) is 5.69 Å². The van der Waals surface area contributed by atoms with Crippen molar-refractivity contribution in [2.24, 2.45) is 0 Å². The first kappa shape index (κ1) is 14.4. The summed E-state index contributed by atoms with van der Waals surface area (Å²) in [6, 6.07) is 7.22. The van der Waals surface area contributed by atoms with Crippen LogP contribution in [0.5, 0.6) is 0 Å². The second kappa shape index (κ2) is 5.96. The first-order valence-electron chi connectivity index (χ1n) is 6.38. The fourth-order valence-corrected chi connectivity index (χ4v) is 2.16. The highest BCUT2D eigenvalue weighted by Gasteiger charge is 2.21. The van der Waals surface area contributed by atoms with E-state index in [1.165, 1.54) is 0 Å². The summed E-state index contributed by atoms with van der Waals surface area (Å²) in [6.45, 7) is 3.96. The number of ether oxygens (including phenoxy) is 1. The number of aromatic nitrogens is 2. The van der Waals surface area contributed by atoms with Gasteiger partial charge >= 0.3 is 5.97 Å². The van der Waals surface area contributed by atoms with Gasteiger partial charge in [-0.3, -0.25) is 4.57 Å². The number of halogens is 1. The van der Waals surface area contributed by atoms with E-state index in [4.69, 9.17) is 22.1 Å². The lowest BCUT2D eigenvalue weighted by molar-refractivity contribution is 0.0521. The van der Waals surface area contributed by atoms with Crippen LogP contribution in [0.4, 0.5) is 5.82 Å². The molecule has 0 bridgehead atoms. The molecule has 2 aromatic rings. The van der Waals surface area contributed by atoms with Crippen LogP contribution in [-0.2, 0) is 11.2 Å². The van der Waals surface area contributed by atoms with E-state index in [0.717, 1.165) is 5.69 Å². The Morgan fingerprint density at radius 2 is 2.20 bits per heavy atom. The van der Waals surface area contributed by atoms with Crippen LogP contribution >= 0.6 is 11.6 Å². The summed E-state index contributed by atoms with van der Waals surface area (Å²) in [5.41, 5.74) is 6.96. The van der Waals surface area contributed by atoms with Gasteiger partial charge in [0.25, 0.3) is 0 Å². The van der Waals surface area contributed by atoms with Gasteiger partial charge in [0.1, 0.15) is 11.6 Å². The molecule has 1 heterocycles. The first-order valence-corrected chi connectivity index (χ1v) is 6.76. The number of nitrogen functional groups attached to an aromatic ring is 1. The van der Waals surface area contributed by atoms with E-state index in [-0.39, 0.29) is 18.1 Å². The summed E-state index contributed by atoms with van der Waals surface area (Å²) >= 11 is 6.00. The lowest BCUT2D eigenvalue weighted by Crippen LogP contribution is -2.09. The maximum Gasteiger partial charge on any atom is 0.360 e. The molecule has 0 radical (unpaired) electrons. The normalized spacial score (nSPS) is 10.6. The molecule has 5 nitrogen and oxygen atoms in total. The largest absolute Gasteiger partial charge is 0.461 e. The first-order chi connectivity index (χ1) is 9.58. The number of aryl methyl sites for hydroxylation is 1. The van der Waals surface area contributed by atoms with Gasteiger partial charge in [0.15, 0.2) is 5.69 Å². The van der Waals surface area contributed by atoms with Crippen LogP contribution in [0.1, 0.15) is 30.2 Å². The van der Waals surface area contributed by atoms with Gasteiger partial charge in [-0.05, 0) is 25.1 Å². The minimum Gasteiger partial charge on any atom is -0.461 e. The average Bonchev–Trinajstić information content (AvgIpc) is 2.76. The number of nitrogens with two attached hydrogens (primary N) is 1. The molecule has 1 aromatic heterocycles. The molecule has 20 heavy (non-hydrogen) atoms. The molecule has 2 rings (SSSR count). The van der Waals surface area contributed by atoms with E-state index in [0.29, 0.717) is 17.3 Å². The summed E-state index contributed by atoms with van der Waals surface area (Å²) in [4.78, 5) is 16.1. The quantitative estimate of drug-likeness (QED) is 0.880. The minimum atomic E-state index is -0.513. The summed E-state index contributed by atoms with van der Waals surface area (Å²) in [5, 5.41) is 0.593. The molecule has 0 aliphatic rings. The molecule has 106 valence electrons. The second-order valence-corrected chi connectivity index (χ2v) is 4.59. The molecule has 0 amide bonds. The summed E-state index contributed by atoms with van der Waals surface area (Å²) < 4.78 is 6.68. The van der Waals surface area contributed by atoms with Crippen molar-refractivity contribution >= 4 is 23.4 Å². The van der Waals surface area contributed by atoms with Gasteiger partial charge in [0.2, 0.25) is 0 Å². The van der Waals surface area contributed by atoms with Crippen LogP contribution < -0.4 is 5.73 Å². The van der Waals surface area contributed by atoms with Gasteiger partial charge in [-0.2, -0.15) is 0 Å². The topological polar surface area (TPSA) is 70.1 Å². The Morgan fingerprint density at radius 3 is 2.80 bits per heavy atom. The Morgan fingerprint density at radius 1 is 1.45 bits per heavy atom. The lowest BCUT2D eigenvalue weighted by atomic mass is 10.3. The highest BCUT2D eigenvalue weighted by Crippen LogP contribution is 2.24. The lowest BCUT2D eigenvalue weighted by Gasteiger charge is -2.09. The van der Waals surface area contributed by atoms with Crippen LogP contribution in [0, 0.1) is 0 Å². The molecule has 2 N–H and O–H groups in total. The van der Waals surface area contributed by atoms with Gasteiger partial charge in [0.05, 0.1) is 12.3 Å². The number of carbonyl (C=O) groups is 1. The van der Waals surface area contributed by atoms with E-state index >= 15 is 0 Å². The molecule has 0 saturated carbocycles. The van der Waals surface area contributed by atoms with Crippen molar-refractivity contribution in [3.8, 4) is 5.69 Å². The van der Waals surface area contributed by atoms with E-state index in [1.54, 1.807) is 23.6 Å². The number of rotatable bonds is 4. The molecule has 6 heteroatoms. The maximum absolute atomic E-state index is 11.8. The zero-order chi connectivity index (χ0) is 14.7. The highest BCUT2D eigenvalue weighted by atomic mass is 35.5. The van der Waals surface area contributed by atoms with Crippen molar-refractivity contribution in [1.82, 2.24) is 9.55 Å². The van der Waals surface area contributed by atoms with E-state index < -0.39 is 5.97 Å². The predicted octanol–water partition coefficient (Wildman–Crippen LogP) is 2.85. The van der Waals surface area contributed by atoms with E-state index in [1.807, 2.05) is 19.1 Å². The summed E-state index contributed by atoms with van der Waals surface area (Å²) in [6.07, 6.45) is 0.635. The standard InChI is InChI=1S/C14H16ClN3O2/c1-3-11-17-12(14(19)20-4-2)13(16)18(11)10-7-5-6-9(15)8-10/h5-8H,3-4,16H2,1-2H3. The van der Waals surface area contributed by atoms with Crippen molar-refractivity contribution in [1.29, 1.82) is 0 Å². The Kier molecular flexibility index (Phi) is 4.29. The van der Waals surface area contributed by atoms with Gasteiger partial charge in [-0.25, -0.2) is 9.78 Å². The molecule has 0 spiro atoms. The number of carbonyl (C=O) groups excluding carboxylic acids is 1. The van der Waals surface area contributed by atoms with Crippen molar-refractivity contribution in [3.05, 3.63) is 40.8 Å². The summed E-state index contributed by atoms with van der Waals surface area (Å²) in [7, 11) is 0. The molecular weight excluding hydrogens is 278 g/mol. The SMILES string of the molecule is CCOC(=O)c1nc(CC)n(-c2cccc(Cl)c2)c1N. The Balaban J connectivity index is 2.55. The van der Waals surface area contributed by atoms with E-state index in [9.17, 15) is 4.79 Å². The number of nitrogens with zero attached hydrogens (tertiary/aromatic N) is 2. The van der Waals surface area contributed by atoms with Gasteiger partial charge < -0.3 is 10.5 Å². The van der Waals surface area contributed by atoms with Gasteiger partial charge in [0, 0.05) is 11.4 Å². The number of hydrogen-bond acceptors (Lipinski definition) is 4. The molecule has 0 fully saturated rings. The number of imidazole rings is 1. The van der Waals surface area contributed by atoms with Crippen LogP contribution in [0.15, 0.2) is 24.3 Å². The molecule has 1 aromatic carbocycles. The monoisotopic (exact) mass is 293 g/mol. The summed E-state index contributed by atoms with van der Waals surface area (Å²) in [5.74, 6) is 0.441. The maximum atomic E-state index is 11.8. The van der Waals surface area contributed by atoms with Crippen molar-refractivity contribution in [2.45, 2.75) is 20.3 Å². The minimum absolute atomic E-state index is 0.142. The molecule has 0 unspecified atom stereocenters. The molecular formula is C14H16ClN3O2. The molecule has 0 aliphatic heterocycles. The Hall–Kier alpha value is -2.01. The van der Waals surface area contributed by atoms with Crippen molar-refractivity contribution < 1.29 is 9.53 Å². The van der Waals surface area contributed by atoms with Crippen molar-refractivity contribution in [2.75, 3.05) is 12.3 Å². The average molecular weight is 294 g/mol. The second-order valence-electron chi connectivity index (χ2n) is 4.15. The third-order valence-corrected chi connectivity index (χ3v) is 3.07. The smallest absolute Gasteiger partial charge is 0.360 e. The van der Waals surface area contributed by atoms with Crippen molar-refractivity contribution in [3.63, 3.8) is 0 Å². The van der Waals surface area contributed by atoms with Gasteiger partial charge in [-0.15, -0.1) is 0 Å². The zero-order valence-electron chi connectivity index (χ0n) is 11.4. The number of anilines is 1. The number of benzene rings is 1. The highest BCUT2D eigenvalue weighted by molar-refractivity contribution is 6.30. The van der Waals surface area contributed by atoms with Crippen LogP contribution in [0.3, 0.4) is 0 Å². The fourth-order valence-electron chi connectivity index (χ4n) is 1.97. The number of hydrogen-bond donors (Lipinski definition) is 1. The predicted molar refractivity (Wildman–Crippen MR) is 78.3 cm³/mol. The molecule has 0 atom stereocenters. The molecule has 0 saturated heterocycles. The Bertz CT molecular complexity index is 637. The third-order valence-electron chi connectivity index (χ3n) is 2.83. The van der Waals surface area contributed by atoms with Crippen LogP contribution in [-0.4, -0.2) is 22.1 Å². The number of esters is 1. The van der Waals surface area contributed by atoms with E-state index in [2.05, 4.69) is 4.98 Å². The third kappa shape index (κ3) is 2.63. The van der Waals surface area contributed by atoms with Gasteiger partial charge in [-0.1, -0.05) is 24.6 Å². The molecule has 0 aliphatic carbocycles. The fraction of sp³-hybridized carbons (Fsp3) is 0.286. The zero-order valence-corrected chi connectivity index (χ0v) is 12.1. The van der Waals surface area contributed by atoms with Crippen LogP contribution in [0.2, 0.25) is 5.02 Å². The Labute approximate surface area is 122 Å².